The molecule has 0 bridgehead atoms. The summed E-state index contributed by atoms with van der Waals surface area (Å²) in [6, 6.07) is 24.6. The predicted octanol–water partition coefficient (Wildman–Crippen LogP) is 5.36. The minimum absolute atomic E-state index is 0.174. The van der Waals surface area contributed by atoms with Gasteiger partial charge in [-0.1, -0.05) is 66.4 Å². The molecule has 34 heavy (non-hydrogen) atoms. The van der Waals surface area contributed by atoms with E-state index in [0.717, 1.165) is 22.0 Å². The molecule has 6 nitrogen and oxygen atoms in total. The van der Waals surface area contributed by atoms with Crippen molar-refractivity contribution in [3.05, 3.63) is 101 Å². The zero-order valence-electron chi connectivity index (χ0n) is 18.7. The van der Waals surface area contributed by atoms with Gasteiger partial charge < -0.3 is 5.32 Å². The molecule has 3 aromatic carbocycles. The van der Waals surface area contributed by atoms with Gasteiger partial charge in [0, 0.05) is 17.3 Å². The Hall–Kier alpha value is -3.97. The topological polar surface area (TPSA) is 76.9 Å². The molecule has 0 aliphatic carbocycles. The number of rotatable bonds is 5. The first-order valence-electron chi connectivity index (χ1n) is 10.9. The highest BCUT2D eigenvalue weighted by atomic mass is 32.2. The standard InChI is InChI=1S/C27H22N4O2S/c1-17-14-15-24(28-16-17)31-26(33)21-11-5-6-12-23(21)30-27(31)34-18(2)25(32)29-22-13-7-9-19-8-3-4-10-20(19)22/h3-16,18H,1-2H3,(H,29,32)/t18-/m1/s1. The number of hydrogen-bond donors (Lipinski definition) is 1. The third-order valence-corrected chi connectivity index (χ3v) is 6.62. The fourth-order valence-electron chi connectivity index (χ4n) is 3.77. The highest BCUT2D eigenvalue weighted by Crippen LogP contribution is 2.27. The van der Waals surface area contributed by atoms with Crippen molar-refractivity contribution in [1.82, 2.24) is 14.5 Å². The number of amides is 1. The van der Waals surface area contributed by atoms with E-state index in [1.807, 2.05) is 67.6 Å². The lowest BCUT2D eigenvalue weighted by Gasteiger charge is -2.16. The second-order valence-electron chi connectivity index (χ2n) is 8.02. The second kappa shape index (κ2) is 9.11. The molecule has 0 unspecified atom stereocenters. The lowest BCUT2D eigenvalue weighted by molar-refractivity contribution is -0.115. The lowest BCUT2D eigenvalue weighted by Crippen LogP contribution is -2.26. The van der Waals surface area contributed by atoms with Gasteiger partial charge in [0.25, 0.3) is 5.56 Å². The number of nitrogens with one attached hydrogen (secondary N) is 1. The van der Waals surface area contributed by atoms with Crippen LogP contribution in [0, 0.1) is 6.92 Å². The molecule has 2 heterocycles. The van der Waals surface area contributed by atoms with E-state index in [4.69, 9.17) is 4.98 Å². The van der Waals surface area contributed by atoms with Crippen LogP contribution in [0.1, 0.15) is 12.5 Å². The molecular formula is C27H22N4O2S. The van der Waals surface area contributed by atoms with Crippen LogP contribution in [-0.4, -0.2) is 25.7 Å². The Morgan fingerprint density at radius 3 is 2.47 bits per heavy atom. The molecule has 5 rings (SSSR count). The van der Waals surface area contributed by atoms with Crippen LogP contribution in [0.15, 0.2) is 95.0 Å². The van der Waals surface area contributed by atoms with E-state index in [2.05, 4.69) is 10.3 Å². The Morgan fingerprint density at radius 2 is 1.68 bits per heavy atom. The van der Waals surface area contributed by atoms with Crippen molar-refractivity contribution in [1.29, 1.82) is 0 Å². The zero-order chi connectivity index (χ0) is 23.7. The summed E-state index contributed by atoms with van der Waals surface area (Å²) in [4.78, 5) is 35.7. The van der Waals surface area contributed by atoms with E-state index in [1.54, 1.807) is 31.3 Å². The number of hydrogen-bond acceptors (Lipinski definition) is 5. The maximum atomic E-state index is 13.4. The van der Waals surface area contributed by atoms with Gasteiger partial charge in [0.1, 0.15) is 5.82 Å². The number of anilines is 1. The molecule has 0 spiro atoms. The third-order valence-electron chi connectivity index (χ3n) is 5.57. The summed E-state index contributed by atoms with van der Waals surface area (Å²) in [5.74, 6) is 0.296. The Bertz CT molecular complexity index is 1570. The van der Waals surface area contributed by atoms with E-state index >= 15 is 0 Å². The van der Waals surface area contributed by atoms with Crippen LogP contribution in [0.4, 0.5) is 5.69 Å². The summed E-state index contributed by atoms with van der Waals surface area (Å²) < 4.78 is 1.48. The van der Waals surface area contributed by atoms with E-state index in [-0.39, 0.29) is 11.5 Å². The van der Waals surface area contributed by atoms with Gasteiger partial charge in [0.05, 0.1) is 16.2 Å². The summed E-state index contributed by atoms with van der Waals surface area (Å²) in [6.07, 6.45) is 1.71. The van der Waals surface area contributed by atoms with Gasteiger partial charge in [-0.3, -0.25) is 9.59 Å². The van der Waals surface area contributed by atoms with Crippen LogP contribution < -0.4 is 10.9 Å². The van der Waals surface area contributed by atoms with Crippen molar-refractivity contribution in [3.63, 3.8) is 0 Å². The van der Waals surface area contributed by atoms with Gasteiger partial charge in [-0.2, -0.15) is 0 Å². The molecule has 0 aliphatic rings. The van der Waals surface area contributed by atoms with Crippen LogP contribution in [0.5, 0.6) is 0 Å². The summed E-state index contributed by atoms with van der Waals surface area (Å²) in [5.41, 5.74) is 2.10. The minimum atomic E-state index is -0.510. The Labute approximate surface area is 200 Å². The maximum Gasteiger partial charge on any atom is 0.267 e. The van der Waals surface area contributed by atoms with Crippen LogP contribution in [0.2, 0.25) is 0 Å². The van der Waals surface area contributed by atoms with Crippen molar-refractivity contribution in [2.45, 2.75) is 24.3 Å². The Morgan fingerprint density at radius 1 is 0.941 bits per heavy atom. The van der Waals surface area contributed by atoms with Gasteiger partial charge in [-0.25, -0.2) is 14.5 Å². The van der Waals surface area contributed by atoms with E-state index in [1.165, 1.54) is 16.3 Å². The van der Waals surface area contributed by atoms with Crippen molar-refractivity contribution in [3.8, 4) is 5.82 Å². The monoisotopic (exact) mass is 466 g/mol. The van der Waals surface area contributed by atoms with Crippen molar-refractivity contribution >= 4 is 45.0 Å². The predicted molar refractivity (Wildman–Crippen MR) is 138 cm³/mol. The first-order valence-corrected chi connectivity index (χ1v) is 11.8. The molecule has 1 N–H and O–H groups in total. The van der Waals surface area contributed by atoms with Gasteiger partial charge in [-0.15, -0.1) is 0 Å². The smallest absolute Gasteiger partial charge is 0.267 e. The molecule has 1 amide bonds. The van der Waals surface area contributed by atoms with Crippen molar-refractivity contribution in [2.75, 3.05) is 5.32 Å². The number of aryl methyl sites for hydroxylation is 1. The Kier molecular flexibility index (Phi) is 5.86. The summed E-state index contributed by atoms with van der Waals surface area (Å²) in [6.45, 7) is 3.74. The molecule has 0 saturated heterocycles. The van der Waals surface area contributed by atoms with Crippen molar-refractivity contribution < 1.29 is 4.79 Å². The molecule has 5 aromatic rings. The number of nitrogens with zero attached hydrogens (tertiary/aromatic N) is 3. The molecule has 0 saturated carbocycles. The van der Waals surface area contributed by atoms with Crippen LogP contribution in [0.25, 0.3) is 27.5 Å². The normalized spacial score (nSPS) is 12.1. The fraction of sp³-hybridized carbons (Fsp3) is 0.111. The molecule has 0 aliphatic heterocycles. The molecule has 2 aromatic heterocycles. The number of pyridine rings is 1. The van der Waals surface area contributed by atoms with Crippen LogP contribution >= 0.6 is 11.8 Å². The lowest BCUT2D eigenvalue weighted by atomic mass is 10.1. The minimum Gasteiger partial charge on any atom is -0.325 e. The number of fused-ring (bicyclic) bond motifs is 2. The van der Waals surface area contributed by atoms with Crippen LogP contribution in [-0.2, 0) is 4.79 Å². The quantitative estimate of drug-likeness (QED) is 0.279. The van der Waals surface area contributed by atoms with E-state index in [9.17, 15) is 9.59 Å². The molecular weight excluding hydrogens is 444 g/mol. The van der Waals surface area contributed by atoms with Gasteiger partial charge in [0.15, 0.2) is 5.16 Å². The number of aromatic nitrogens is 3. The average Bonchev–Trinajstić information content (AvgIpc) is 2.85. The number of carbonyl (C=O) groups excluding carboxylic acids is 1. The fourth-order valence-corrected chi connectivity index (χ4v) is 4.68. The first-order chi connectivity index (χ1) is 16.5. The largest absolute Gasteiger partial charge is 0.325 e. The number of thioether (sulfide) groups is 1. The number of para-hydroxylation sites is 1. The van der Waals surface area contributed by atoms with E-state index < -0.39 is 5.25 Å². The maximum absolute atomic E-state index is 13.4. The average molecular weight is 467 g/mol. The van der Waals surface area contributed by atoms with Crippen LogP contribution in [0.3, 0.4) is 0 Å². The highest BCUT2D eigenvalue weighted by molar-refractivity contribution is 8.00. The first kappa shape index (κ1) is 21.9. The summed E-state index contributed by atoms with van der Waals surface area (Å²) in [7, 11) is 0. The highest BCUT2D eigenvalue weighted by Gasteiger charge is 2.21. The number of benzene rings is 3. The summed E-state index contributed by atoms with van der Waals surface area (Å²) >= 11 is 1.23. The molecule has 0 radical (unpaired) electrons. The van der Waals surface area contributed by atoms with Crippen molar-refractivity contribution in [2.24, 2.45) is 0 Å². The SMILES string of the molecule is Cc1ccc(-n2c(S[C@H](C)C(=O)Nc3cccc4ccccc34)nc3ccccc3c2=O)nc1. The zero-order valence-corrected chi connectivity index (χ0v) is 19.5. The van der Waals surface area contributed by atoms with Gasteiger partial charge in [0.2, 0.25) is 5.91 Å². The Balaban J connectivity index is 1.51. The second-order valence-corrected chi connectivity index (χ2v) is 9.33. The van der Waals surface area contributed by atoms with Gasteiger partial charge >= 0.3 is 0 Å². The molecule has 1 atom stereocenters. The molecule has 0 fully saturated rings. The third kappa shape index (κ3) is 4.18. The molecule has 7 heteroatoms. The number of carbonyl (C=O) groups is 1. The molecule has 168 valence electrons. The van der Waals surface area contributed by atoms with E-state index in [0.29, 0.717) is 21.9 Å². The summed E-state index contributed by atoms with van der Waals surface area (Å²) in [5, 5.41) is 5.47. The van der Waals surface area contributed by atoms with Gasteiger partial charge in [-0.05, 0) is 49.1 Å².